The lowest BCUT2D eigenvalue weighted by atomic mass is 9.78. The average Bonchev–Trinajstić information content (AvgIpc) is 2.74. The van der Waals surface area contributed by atoms with Gasteiger partial charge in [0, 0.05) is 6.54 Å². The predicted octanol–water partition coefficient (Wildman–Crippen LogP) is 2.84. The Labute approximate surface area is 112 Å². The van der Waals surface area contributed by atoms with Crippen molar-refractivity contribution in [2.75, 3.05) is 6.54 Å². The number of carbonyl (C=O) groups excluding carboxylic acids is 1. The summed E-state index contributed by atoms with van der Waals surface area (Å²) >= 11 is 0. The van der Waals surface area contributed by atoms with Crippen LogP contribution in [0.5, 0.6) is 0 Å². The summed E-state index contributed by atoms with van der Waals surface area (Å²) in [5, 5.41) is 3.09. The molecule has 1 atom stereocenters. The average molecular weight is 254 g/mol. The normalized spacial score (nSPS) is 20.1. The van der Waals surface area contributed by atoms with E-state index in [0.717, 1.165) is 19.4 Å². The molecule has 1 aliphatic rings. The molecule has 3 N–H and O–H groups in total. The number of hydrogen-bond acceptors (Lipinski definition) is 2. The van der Waals surface area contributed by atoms with Crippen LogP contribution in [0.2, 0.25) is 0 Å². The maximum atomic E-state index is 11.9. The van der Waals surface area contributed by atoms with Gasteiger partial charge in [0.1, 0.15) is 0 Å². The molecule has 1 rings (SSSR count). The maximum Gasteiger partial charge on any atom is 0.236 e. The molecule has 0 aromatic rings. The van der Waals surface area contributed by atoms with Crippen molar-refractivity contribution in [3.8, 4) is 0 Å². The molecule has 0 aromatic carbocycles. The van der Waals surface area contributed by atoms with Crippen LogP contribution in [0.25, 0.3) is 0 Å². The summed E-state index contributed by atoms with van der Waals surface area (Å²) in [6, 6.07) is -0.326. The minimum atomic E-state index is -0.326. The second kappa shape index (κ2) is 7.13. The Morgan fingerprint density at radius 3 is 2.44 bits per heavy atom. The molecule has 1 saturated carbocycles. The summed E-state index contributed by atoms with van der Waals surface area (Å²) in [5.41, 5.74) is 6.19. The number of nitrogens with one attached hydrogen (secondary N) is 1. The Kier molecular flexibility index (Phi) is 6.13. The van der Waals surface area contributed by atoms with Crippen molar-refractivity contribution in [2.45, 2.75) is 71.8 Å². The maximum absolute atomic E-state index is 11.9. The molecular weight excluding hydrogens is 224 g/mol. The fraction of sp³-hybridized carbons (Fsp3) is 0.933. The molecule has 0 aromatic heterocycles. The van der Waals surface area contributed by atoms with E-state index in [4.69, 9.17) is 5.73 Å². The predicted molar refractivity (Wildman–Crippen MR) is 76.2 cm³/mol. The number of carbonyl (C=O) groups is 1. The van der Waals surface area contributed by atoms with Crippen LogP contribution in [0.3, 0.4) is 0 Å². The topological polar surface area (TPSA) is 55.1 Å². The Hall–Kier alpha value is -0.570. The molecule has 0 heterocycles. The largest absolute Gasteiger partial charge is 0.354 e. The number of rotatable bonds is 7. The van der Waals surface area contributed by atoms with E-state index in [2.05, 4.69) is 26.1 Å². The Balaban J connectivity index is 2.45. The zero-order valence-electron chi connectivity index (χ0n) is 12.3. The first-order valence-electron chi connectivity index (χ1n) is 7.52. The highest BCUT2D eigenvalue weighted by molar-refractivity contribution is 5.81. The first-order chi connectivity index (χ1) is 8.49. The first kappa shape index (κ1) is 15.5. The quantitative estimate of drug-likeness (QED) is 0.734. The summed E-state index contributed by atoms with van der Waals surface area (Å²) in [6.45, 7) is 7.42. The van der Waals surface area contributed by atoms with E-state index in [-0.39, 0.29) is 11.9 Å². The highest BCUT2D eigenvalue weighted by atomic mass is 16.2. The van der Waals surface area contributed by atoms with E-state index in [1.54, 1.807) is 0 Å². The lowest BCUT2D eigenvalue weighted by Gasteiger charge is -2.31. The van der Waals surface area contributed by atoms with Gasteiger partial charge >= 0.3 is 0 Å². The van der Waals surface area contributed by atoms with E-state index in [1.165, 1.54) is 32.1 Å². The second-order valence-electron chi connectivity index (χ2n) is 6.42. The fourth-order valence-corrected chi connectivity index (χ4v) is 3.29. The molecule has 1 fully saturated rings. The molecule has 0 bridgehead atoms. The van der Waals surface area contributed by atoms with Crippen LogP contribution in [0.1, 0.15) is 65.7 Å². The molecule has 106 valence electrons. The minimum absolute atomic E-state index is 0.0341. The monoisotopic (exact) mass is 254 g/mol. The Bertz CT molecular complexity index is 257. The van der Waals surface area contributed by atoms with Crippen molar-refractivity contribution in [1.29, 1.82) is 0 Å². The summed E-state index contributed by atoms with van der Waals surface area (Å²) in [7, 11) is 0. The Morgan fingerprint density at radius 1 is 1.33 bits per heavy atom. The van der Waals surface area contributed by atoms with Gasteiger partial charge in [0.15, 0.2) is 0 Å². The van der Waals surface area contributed by atoms with E-state index >= 15 is 0 Å². The Morgan fingerprint density at radius 2 is 1.94 bits per heavy atom. The molecule has 0 radical (unpaired) electrons. The molecule has 3 heteroatoms. The third-order valence-corrected chi connectivity index (χ3v) is 4.08. The van der Waals surface area contributed by atoms with Crippen molar-refractivity contribution in [2.24, 2.45) is 17.1 Å². The van der Waals surface area contributed by atoms with Crippen LogP contribution in [-0.4, -0.2) is 18.5 Å². The molecule has 1 amide bonds. The van der Waals surface area contributed by atoms with Gasteiger partial charge < -0.3 is 11.1 Å². The molecule has 0 aliphatic heterocycles. The van der Waals surface area contributed by atoms with Crippen LogP contribution in [0.4, 0.5) is 0 Å². The standard InChI is InChI=1S/C15H30N2O/c1-4-7-13(16)14(18)17-11-15(10-12(2)3)8-5-6-9-15/h12-13H,4-11,16H2,1-3H3,(H,17,18)/t13-/m1/s1. The molecule has 18 heavy (non-hydrogen) atoms. The van der Waals surface area contributed by atoms with Gasteiger partial charge in [-0.15, -0.1) is 0 Å². The van der Waals surface area contributed by atoms with Crippen molar-refractivity contribution < 1.29 is 4.79 Å². The van der Waals surface area contributed by atoms with Crippen LogP contribution in [-0.2, 0) is 4.79 Å². The highest BCUT2D eigenvalue weighted by Crippen LogP contribution is 2.42. The fourth-order valence-electron chi connectivity index (χ4n) is 3.29. The third kappa shape index (κ3) is 4.60. The van der Waals surface area contributed by atoms with Gasteiger partial charge in [-0.3, -0.25) is 4.79 Å². The second-order valence-corrected chi connectivity index (χ2v) is 6.42. The van der Waals surface area contributed by atoms with E-state index in [1.807, 2.05) is 0 Å². The zero-order valence-corrected chi connectivity index (χ0v) is 12.3. The lowest BCUT2D eigenvalue weighted by Crippen LogP contribution is -2.45. The molecule has 3 nitrogen and oxygen atoms in total. The van der Waals surface area contributed by atoms with E-state index in [0.29, 0.717) is 11.3 Å². The first-order valence-corrected chi connectivity index (χ1v) is 7.52. The number of hydrogen-bond donors (Lipinski definition) is 2. The van der Waals surface area contributed by atoms with Gasteiger partial charge in [-0.1, -0.05) is 40.0 Å². The smallest absolute Gasteiger partial charge is 0.236 e. The van der Waals surface area contributed by atoms with Crippen LogP contribution >= 0.6 is 0 Å². The van der Waals surface area contributed by atoms with Crippen LogP contribution in [0, 0.1) is 11.3 Å². The third-order valence-electron chi connectivity index (χ3n) is 4.08. The summed E-state index contributed by atoms with van der Waals surface area (Å²) in [5.74, 6) is 0.733. The van der Waals surface area contributed by atoms with Crippen molar-refractivity contribution >= 4 is 5.91 Å². The van der Waals surface area contributed by atoms with Gasteiger partial charge in [-0.05, 0) is 37.0 Å². The van der Waals surface area contributed by atoms with Crippen molar-refractivity contribution in [3.05, 3.63) is 0 Å². The summed E-state index contributed by atoms with van der Waals surface area (Å²) < 4.78 is 0. The van der Waals surface area contributed by atoms with Crippen molar-refractivity contribution in [1.82, 2.24) is 5.32 Å². The van der Waals surface area contributed by atoms with Gasteiger partial charge in [-0.25, -0.2) is 0 Å². The highest BCUT2D eigenvalue weighted by Gasteiger charge is 2.34. The van der Waals surface area contributed by atoms with Gasteiger partial charge in [0.25, 0.3) is 0 Å². The molecule has 0 saturated heterocycles. The lowest BCUT2D eigenvalue weighted by molar-refractivity contribution is -0.123. The van der Waals surface area contributed by atoms with E-state index < -0.39 is 0 Å². The van der Waals surface area contributed by atoms with Crippen molar-refractivity contribution in [3.63, 3.8) is 0 Å². The summed E-state index contributed by atoms with van der Waals surface area (Å²) in [4.78, 5) is 11.9. The molecule has 0 unspecified atom stereocenters. The van der Waals surface area contributed by atoms with Gasteiger partial charge in [0.2, 0.25) is 5.91 Å². The van der Waals surface area contributed by atoms with Crippen LogP contribution in [0.15, 0.2) is 0 Å². The molecule has 0 spiro atoms. The summed E-state index contributed by atoms with van der Waals surface area (Å²) in [6.07, 6.45) is 8.10. The molecule has 1 aliphatic carbocycles. The number of amides is 1. The minimum Gasteiger partial charge on any atom is -0.354 e. The van der Waals surface area contributed by atoms with Crippen LogP contribution < -0.4 is 11.1 Å². The zero-order chi connectivity index (χ0) is 13.6. The SMILES string of the molecule is CCC[C@@H](N)C(=O)NCC1(CC(C)C)CCCC1. The van der Waals surface area contributed by atoms with E-state index in [9.17, 15) is 4.79 Å². The number of nitrogens with two attached hydrogens (primary N) is 1. The van der Waals surface area contributed by atoms with Gasteiger partial charge in [0.05, 0.1) is 6.04 Å². The molecular formula is C15H30N2O. The van der Waals surface area contributed by atoms with Gasteiger partial charge in [-0.2, -0.15) is 0 Å².